The number of ether oxygens (including phenoxy) is 1. The molecule has 0 aliphatic carbocycles. The van der Waals surface area contributed by atoms with Gasteiger partial charge in [0.15, 0.2) is 0 Å². The molecule has 26 heavy (non-hydrogen) atoms. The molecule has 1 aliphatic heterocycles. The Hall–Kier alpha value is -2.36. The number of hydrogen-bond donors (Lipinski definition) is 2. The Morgan fingerprint density at radius 3 is 2.77 bits per heavy atom. The third-order valence-electron chi connectivity index (χ3n) is 4.07. The fraction of sp³-hybridized carbons (Fsp3) is 0.750. The number of rotatable bonds is 3. The van der Waals surface area contributed by atoms with Crippen LogP contribution in [0, 0.1) is 10.1 Å². The Balaban J connectivity index is 2.16. The molecule has 0 aromatic carbocycles. The zero-order valence-corrected chi connectivity index (χ0v) is 15.9. The lowest BCUT2D eigenvalue weighted by Crippen LogP contribution is -2.44. The minimum absolute atomic E-state index is 0.109. The van der Waals surface area contributed by atoms with E-state index in [4.69, 9.17) is 4.74 Å². The van der Waals surface area contributed by atoms with Gasteiger partial charge in [-0.3, -0.25) is 10.1 Å². The van der Waals surface area contributed by atoms with Gasteiger partial charge < -0.3 is 20.1 Å². The maximum atomic E-state index is 12.0. The van der Waals surface area contributed by atoms with Crippen LogP contribution in [0.4, 0.5) is 16.3 Å². The van der Waals surface area contributed by atoms with Crippen molar-refractivity contribution in [2.75, 3.05) is 18.0 Å². The van der Waals surface area contributed by atoms with Gasteiger partial charge in [-0.2, -0.15) is 5.10 Å². The summed E-state index contributed by atoms with van der Waals surface area (Å²) in [4.78, 5) is 24.5. The summed E-state index contributed by atoms with van der Waals surface area (Å²) in [5, 5.41) is 28.7. The maximum absolute atomic E-state index is 12.0. The third kappa shape index (κ3) is 5.07. The molecule has 2 N–H and O–H groups in total. The molecular weight excluding hydrogens is 342 g/mol. The van der Waals surface area contributed by atoms with Crippen molar-refractivity contribution in [2.24, 2.45) is 7.05 Å². The highest BCUT2D eigenvalue weighted by molar-refractivity contribution is 5.68. The van der Waals surface area contributed by atoms with Crippen molar-refractivity contribution >= 4 is 17.6 Å². The van der Waals surface area contributed by atoms with E-state index in [1.54, 1.807) is 39.6 Å². The van der Waals surface area contributed by atoms with E-state index in [2.05, 4.69) is 10.4 Å². The Morgan fingerprint density at radius 1 is 1.54 bits per heavy atom. The molecule has 0 spiro atoms. The van der Waals surface area contributed by atoms with Crippen LogP contribution in [0.3, 0.4) is 0 Å². The number of aryl methyl sites for hydroxylation is 1. The highest BCUT2D eigenvalue weighted by Crippen LogP contribution is 2.31. The minimum Gasteiger partial charge on any atom is -0.444 e. The molecule has 0 unspecified atom stereocenters. The highest BCUT2D eigenvalue weighted by Gasteiger charge is 2.36. The predicted octanol–water partition coefficient (Wildman–Crippen LogP) is 1.57. The Bertz CT molecular complexity index is 679. The van der Waals surface area contributed by atoms with Gasteiger partial charge in [-0.05, 0) is 40.5 Å². The van der Waals surface area contributed by atoms with Crippen LogP contribution < -0.4 is 10.2 Å². The number of amides is 1. The van der Waals surface area contributed by atoms with Crippen molar-refractivity contribution in [3.8, 4) is 0 Å². The van der Waals surface area contributed by atoms with Crippen LogP contribution in [0.1, 0.15) is 40.5 Å². The van der Waals surface area contributed by atoms with Crippen molar-refractivity contribution in [1.82, 2.24) is 15.1 Å². The lowest BCUT2D eigenvalue weighted by Gasteiger charge is -2.29. The first-order chi connectivity index (χ1) is 11.9. The number of carbonyl (C=O) groups is 1. The molecule has 2 atom stereocenters. The fourth-order valence-corrected chi connectivity index (χ4v) is 3.19. The first-order valence-corrected chi connectivity index (χ1v) is 8.51. The molecule has 10 heteroatoms. The summed E-state index contributed by atoms with van der Waals surface area (Å²) in [6.07, 6.45) is 1.48. The molecule has 0 radical (unpaired) electrons. The molecule has 10 nitrogen and oxygen atoms in total. The molecule has 0 saturated carbocycles. The lowest BCUT2D eigenvalue weighted by atomic mass is 9.97. The molecule has 1 amide bonds. The molecule has 1 aromatic rings. The summed E-state index contributed by atoms with van der Waals surface area (Å²) in [5.74, 6) is 0.341. The SMILES string of the molecule is Cn1ncc([N+](=O)[O-])c1N1CC[C@@H](NC(=O)OC(C)(C)C)C[C@@](C)(O)C1. The second kappa shape index (κ2) is 7.10. The number of alkyl carbamates (subject to hydrolysis) is 1. The van der Waals surface area contributed by atoms with Gasteiger partial charge in [-0.25, -0.2) is 9.48 Å². The second-order valence-corrected chi connectivity index (χ2v) is 7.99. The average Bonchev–Trinajstić information content (AvgIpc) is 2.75. The number of aromatic nitrogens is 2. The van der Waals surface area contributed by atoms with Gasteiger partial charge in [-0.15, -0.1) is 0 Å². The summed E-state index contributed by atoms with van der Waals surface area (Å²) >= 11 is 0. The van der Waals surface area contributed by atoms with Crippen molar-refractivity contribution in [3.05, 3.63) is 16.3 Å². The Morgan fingerprint density at radius 2 is 2.19 bits per heavy atom. The van der Waals surface area contributed by atoms with Crippen LogP contribution in [-0.2, 0) is 11.8 Å². The normalized spacial score (nSPS) is 24.1. The van der Waals surface area contributed by atoms with Gasteiger partial charge >= 0.3 is 11.8 Å². The van der Waals surface area contributed by atoms with E-state index in [-0.39, 0.29) is 18.3 Å². The van der Waals surface area contributed by atoms with Gasteiger partial charge in [0.05, 0.1) is 10.5 Å². The monoisotopic (exact) mass is 369 g/mol. The van der Waals surface area contributed by atoms with E-state index in [0.717, 1.165) is 0 Å². The smallest absolute Gasteiger partial charge is 0.407 e. The number of aliphatic hydroxyl groups is 1. The van der Waals surface area contributed by atoms with Crippen LogP contribution in [0.15, 0.2) is 6.20 Å². The fourth-order valence-electron chi connectivity index (χ4n) is 3.19. The molecule has 2 heterocycles. The molecule has 1 aliphatic rings. The number of carbonyl (C=O) groups excluding carboxylic acids is 1. The van der Waals surface area contributed by atoms with Gasteiger partial charge in [0.2, 0.25) is 5.82 Å². The quantitative estimate of drug-likeness (QED) is 0.612. The van der Waals surface area contributed by atoms with Crippen LogP contribution in [-0.4, -0.2) is 56.2 Å². The van der Waals surface area contributed by atoms with E-state index in [0.29, 0.717) is 25.2 Å². The first-order valence-electron chi connectivity index (χ1n) is 8.51. The lowest BCUT2D eigenvalue weighted by molar-refractivity contribution is -0.384. The van der Waals surface area contributed by atoms with E-state index in [1.807, 2.05) is 0 Å². The van der Waals surface area contributed by atoms with Gasteiger partial charge in [0.25, 0.3) is 0 Å². The molecule has 2 rings (SSSR count). The molecule has 1 saturated heterocycles. The average molecular weight is 369 g/mol. The van der Waals surface area contributed by atoms with Gasteiger partial charge in [-0.1, -0.05) is 0 Å². The number of anilines is 1. The number of hydrogen-bond acceptors (Lipinski definition) is 7. The minimum atomic E-state index is -1.14. The summed E-state index contributed by atoms with van der Waals surface area (Å²) < 4.78 is 6.70. The summed E-state index contributed by atoms with van der Waals surface area (Å²) in [6, 6.07) is -0.308. The van der Waals surface area contributed by atoms with Crippen molar-refractivity contribution in [2.45, 2.75) is 57.8 Å². The number of nitrogens with one attached hydrogen (secondary N) is 1. The summed E-state index contributed by atoms with van der Waals surface area (Å²) in [6.45, 7) is 7.60. The zero-order chi connectivity index (χ0) is 19.7. The number of nitrogens with zero attached hydrogens (tertiary/aromatic N) is 4. The predicted molar refractivity (Wildman–Crippen MR) is 95.1 cm³/mol. The molecule has 0 bridgehead atoms. The molecule has 146 valence electrons. The molecule has 1 fully saturated rings. The summed E-state index contributed by atoms with van der Waals surface area (Å²) in [7, 11) is 1.62. The van der Waals surface area contributed by atoms with Crippen molar-refractivity contribution in [1.29, 1.82) is 0 Å². The molecular formula is C16H27N5O5. The van der Waals surface area contributed by atoms with Crippen LogP contribution in [0.2, 0.25) is 0 Å². The molecule has 1 aromatic heterocycles. The van der Waals surface area contributed by atoms with E-state index >= 15 is 0 Å². The summed E-state index contributed by atoms with van der Waals surface area (Å²) in [5.41, 5.74) is -1.87. The van der Waals surface area contributed by atoms with E-state index in [1.165, 1.54) is 10.9 Å². The third-order valence-corrected chi connectivity index (χ3v) is 4.07. The van der Waals surface area contributed by atoms with E-state index in [9.17, 15) is 20.0 Å². The number of β-amino-alcohol motifs (C(OH)–C–C–N with tert-alkyl or cyclic N) is 1. The van der Waals surface area contributed by atoms with E-state index < -0.39 is 22.2 Å². The van der Waals surface area contributed by atoms with Crippen molar-refractivity contribution in [3.63, 3.8) is 0 Å². The van der Waals surface area contributed by atoms with Crippen LogP contribution in [0.5, 0.6) is 0 Å². The maximum Gasteiger partial charge on any atom is 0.407 e. The Kier molecular flexibility index (Phi) is 5.45. The first kappa shape index (κ1) is 20.0. The highest BCUT2D eigenvalue weighted by atomic mass is 16.6. The van der Waals surface area contributed by atoms with Crippen LogP contribution >= 0.6 is 0 Å². The zero-order valence-electron chi connectivity index (χ0n) is 15.9. The standard InChI is InChI=1S/C16H27N5O5/c1-15(2,3)26-14(22)18-11-6-7-20(10-16(4,23)8-11)13-12(21(24)25)9-17-19(13)5/h9,11,23H,6-8,10H2,1-5H3,(H,18,22)/t11-,16-/m1/s1. The number of nitro groups is 1. The topological polar surface area (TPSA) is 123 Å². The van der Waals surface area contributed by atoms with Crippen LogP contribution in [0.25, 0.3) is 0 Å². The Labute approximate surface area is 152 Å². The second-order valence-electron chi connectivity index (χ2n) is 7.99. The van der Waals surface area contributed by atoms with Crippen molar-refractivity contribution < 1.29 is 19.6 Å². The van der Waals surface area contributed by atoms with Gasteiger partial charge in [0, 0.05) is 26.2 Å². The van der Waals surface area contributed by atoms with Gasteiger partial charge in [0.1, 0.15) is 11.8 Å². The largest absolute Gasteiger partial charge is 0.444 e.